The van der Waals surface area contributed by atoms with Crippen LogP contribution in [0.1, 0.15) is 13.3 Å². The van der Waals surface area contributed by atoms with Crippen LogP contribution in [-0.4, -0.2) is 23.7 Å². The summed E-state index contributed by atoms with van der Waals surface area (Å²) in [5.41, 5.74) is 6.25. The summed E-state index contributed by atoms with van der Waals surface area (Å²) in [7, 11) is 0. The van der Waals surface area contributed by atoms with Gasteiger partial charge in [0, 0.05) is 6.61 Å². The standard InChI is InChI=1S/C10H14BrN3O/c1-10(2-3-15-6-10)14-9-8(11)4-7(12)5-13-9/h4-5H,2-3,6,12H2,1H3,(H,13,14). The number of nitrogens with one attached hydrogen (secondary N) is 1. The fourth-order valence-electron chi connectivity index (χ4n) is 1.60. The second kappa shape index (κ2) is 3.98. The van der Waals surface area contributed by atoms with Gasteiger partial charge in [-0.1, -0.05) is 0 Å². The Hall–Kier alpha value is -0.810. The molecule has 5 heteroatoms. The van der Waals surface area contributed by atoms with Gasteiger partial charge in [0.25, 0.3) is 0 Å². The molecule has 0 aliphatic carbocycles. The molecule has 1 aromatic heterocycles. The van der Waals surface area contributed by atoms with Gasteiger partial charge in [0.1, 0.15) is 5.82 Å². The van der Waals surface area contributed by atoms with Crippen molar-refractivity contribution < 1.29 is 4.74 Å². The Kier molecular flexibility index (Phi) is 2.84. The molecular weight excluding hydrogens is 258 g/mol. The molecule has 4 nitrogen and oxygen atoms in total. The first-order valence-corrected chi connectivity index (χ1v) is 5.65. The molecule has 1 aliphatic heterocycles. The Balaban J connectivity index is 2.16. The SMILES string of the molecule is CC1(Nc2ncc(N)cc2Br)CCOC1. The van der Waals surface area contributed by atoms with E-state index in [1.165, 1.54) is 0 Å². The summed E-state index contributed by atoms with van der Waals surface area (Å²) < 4.78 is 6.25. The number of ether oxygens (including phenoxy) is 1. The van der Waals surface area contributed by atoms with Crippen molar-refractivity contribution in [3.8, 4) is 0 Å². The summed E-state index contributed by atoms with van der Waals surface area (Å²) in [5.74, 6) is 0.817. The van der Waals surface area contributed by atoms with Crippen LogP contribution in [0.4, 0.5) is 11.5 Å². The van der Waals surface area contributed by atoms with Crippen LogP contribution in [0.25, 0.3) is 0 Å². The highest BCUT2D eigenvalue weighted by Gasteiger charge is 2.30. The van der Waals surface area contributed by atoms with Crippen LogP contribution in [0.3, 0.4) is 0 Å². The van der Waals surface area contributed by atoms with E-state index in [9.17, 15) is 0 Å². The Morgan fingerprint density at radius 3 is 3.07 bits per heavy atom. The summed E-state index contributed by atoms with van der Waals surface area (Å²) in [6.07, 6.45) is 2.64. The minimum absolute atomic E-state index is 0.0222. The average Bonchev–Trinajstić information content (AvgIpc) is 2.58. The fraction of sp³-hybridized carbons (Fsp3) is 0.500. The molecule has 82 valence electrons. The zero-order chi connectivity index (χ0) is 10.9. The van der Waals surface area contributed by atoms with E-state index in [-0.39, 0.29) is 5.54 Å². The largest absolute Gasteiger partial charge is 0.397 e. The van der Waals surface area contributed by atoms with Gasteiger partial charge in [-0.3, -0.25) is 0 Å². The van der Waals surface area contributed by atoms with E-state index in [1.54, 1.807) is 6.20 Å². The number of nitrogens with two attached hydrogens (primary N) is 1. The van der Waals surface area contributed by atoms with Crippen LogP contribution >= 0.6 is 15.9 Å². The van der Waals surface area contributed by atoms with Crippen LogP contribution in [0, 0.1) is 0 Å². The van der Waals surface area contributed by atoms with Gasteiger partial charge in [-0.05, 0) is 35.3 Å². The molecule has 1 aliphatic rings. The van der Waals surface area contributed by atoms with Gasteiger partial charge in [-0.2, -0.15) is 0 Å². The topological polar surface area (TPSA) is 60.2 Å². The Bertz CT molecular complexity index is 364. The quantitative estimate of drug-likeness (QED) is 0.864. The minimum atomic E-state index is -0.0222. The molecule has 0 aromatic carbocycles. The van der Waals surface area contributed by atoms with E-state index >= 15 is 0 Å². The fourth-order valence-corrected chi connectivity index (χ4v) is 2.06. The van der Waals surface area contributed by atoms with Crippen LogP contribution in [0.2, 0.25) is 0 Å². The molecule has 3 N–H and O–H groups in total. The van der Waals surface area contributed by atoms with Crippen molar-refractivity contribution in [2.75, 3.05) is 24.3 Å². The van der Waals surface area contributed by atoms with Gasteiger partial charge in [0.2, 0.25) is 0 Å². The highest BCUT2D eigenvalue weighted by Crippen LogP contribution is 2.28. The summed E-state index contributed by atoms with van der Waals surface area (Å²) in [6.45, 7) is 3.64. The third-order valence-corrected chi connectivity index (χ3v) is 3.11. The molecule has 0 radical (unpaired) electrons. The van der Waals surface area contributed by atoms with Gasteiger partial charge < -0.3 is 15.8 Å². The predicted octanol–water partition coefficient (Wildman–Crippen LogP) is 2.02. The van der Waals surface area contributed by atoms with Crippen molar-refractivity contribution in [3.63, 3.8) is 0 Å². The second-order valence-corrected chi connectivity index (χ2v) is 4.94. The van der Waals surface area contributed by atoms with Gasteiger partial charge in [-0.15, -0.1) is 0 Å². The number of anilines is 2. The number of hydrogen-bond donors (Lipinski definition) is 2. The maximum absolute atomic E-state index is 5.62. The van der Waals surface area contributed by atoms with Crippen molar-refractivity contribution in [3.05, 3.63) is 16.7 Å². The van der Waals surface area contributed by atoms with Gasteiger partial charge >= 0.3 is 0 Å². The summed E-state index contributed by atoms with van der Waals surface area (Å²) >= 11 is 3.43. The molecule has 0 amide bonds. The molecule has 0 bridgehead atoms. The van der Waals surface area contributed by atoms with E-state index in [4.69, 9.17) is 10.5 Å². The number of nitrogen functional groups attached to an aromatic ring is 1. The van der Waals surface area contributed by atoms with Crippen molar-refractivity contribution in [1.29, 1.82) is 0 Å². The Morgan fingerprint density at radius 2 is 2.47 bits per heavy atom. The highest BCUT2D eigenvalue weighted by atomic mass is 79.9. The molecule has 0 spiro atoms. The average molecular weight is 272 g/mol. The molecular formula is C10H14BrN3O. The molecule has 1 aromatic rings. The van der Waals surface area contributed by atoms with Gasteiger partial charge in [0.15, 0.2) is 0 Å². The molecule has 15 heavy (non-hydrogen) atoms. The summed E-state index contributed by atoms with van der Waals surface area (Å²) in [5, 5.41) is 3.37. The Morgan fingerprint density at radius 1 is 1.67 bits per heavy atom. The number of aromatic nitrogens is 1. The minimum Gasteiger partial charge on any atom is -0.397 e. The van der Waals surface area contributed by atoms with Crippen LogP contribution in [0.15, 0.2) is 16.7 Å². The van der Waals surface area contributed by atoms with Crippen molar-refractivity contribution in [1.82, 2.24) is 4.98 Å². The lowest BCUT2D eigenvalue weighted by Gasteiger charge is -2.24. The van der Waals surface area contributed by atoms with Crippen LogP contribution in [-0.2, 0) is 4.74 Å². The summed E-state index contributed by atoms with van der Waals surface area (Å²) in [4.78, 5) is 4.25. The van der Waals surface area contributed by atoms with Crippen molar-refractivity contribution in [2.45, 2.75) is 18.9 Å². The maximum Gasteiger partial charge on any atom is 0.140 e. The zero-order valence-electron chi connectivity index (χ0n) is 8.59. The number of nitrogens with zero attached hydrogens (tertiary/aromatic N) is 1. The normalized spacial score (nSPS) is 25.5. The predicted molar refractivity (Wildman–Crippen MR) is 63.8 cm³/mol. The third-order valence-electron chi connectivity index (χ3n) is 2.50. The molecule has 0 saturated carbocycles. The second-order valence-electron chi connectivity index (χ2n) is 4.09. The number of rotatable bonds is 2. The molecule has 2 rings (SSSR count). The Labute approximate surface area is 97.3 Å². The molecule has 1 saturated heterocycles. The van der Waals surface area contributed by atoms with E-state index in [0.29, 0.717) is 12.3 Å². The number of halogens is 1. The van der Waals surface area contributed by atoms with Crippen LogP contribution in [0.5, 0.6) is 0 Å². The van der Waals surface area contributed by atoms with Crippen LogP contribution < -0.4 is 11.1 Å². The third kappa shape index (κ3) is 2.41. The first-order chi connectivity index (χ1) is 7.09. The van der Waals surface area contributed by atoms with E-state index < -0.39 is 0 Å². The van der Waals surface area contributed by atoms with Gasteiger partial charge in [0.05, 0.1) is 28.5 Å². The summed E-state index contributed by atoms with van der Waals surface area (Å²) in [6, 6.07) is 1.84. The first-order valence-electron chi connectivity index (χ1n) is 4.86. The lowest BCUT2D eigenvalue weighted by molar-refractivity contribution is 0.185. The lowest BCUT2D eigenvalue weighted by atomic mass is 10.0. The molecule has 1 fully saturated rings. The highest BCUT2D eigenvalue weighted by molar-refractivity contribution is 9.10. The molecule has 1 unspecified atom stereocenters. The zero-order valence-corrected chi connectivity index (χ0v) is 10.2. The maximum atomic E-state index is 5.62. The van der Waals surface area contributed by atoms with Gasteiger partial charge in [-0.25, -0.2) is 4.98 Å². The first kappa shape index (κ1) is 10.7. The van der Waals surface area contributed by atoms with E-state index in [1.807, 2.05) is 6.07 Å². The monoisotopic (exact) mass is 271 g/mol. The smallest absolute Gasteiger partial charge is 0.140 e. The number of pyridine rings is 1. The van der Waals surface area contributed by atoms with Crippen molar-refractivity contribution >= 4 is 27.4 Å². The molecule has 1 atom stereocenters. The number of hydrogen-bond acceptors (Lipinski definition) is 4. The van der Waals surface area contributed by atoms with E-state index in [0.717, 1.165) is 23.3 Å². The lowest BCUT2D eigenvalue weighted by Crippen LogP contribution is -2.35. The van der Waals surface area contributed by atoms with Crippen molar-refractivity contribution in [2.24, 2.45) is 0 Å². The van der Waals surface area contributed by atoms with E-state index in [2.05, 4.69) is 33.2 Å². The molecule has 2 heterocycles.